The van der Waals surface area contributed by atoms with Gasteiger partial charge in [-0.3, -0.25) is 0 Å². The van der Waals surface area contributed by atoms with Crippen LogP contribution in [0.1, 0.15) is 12.8 Å². The molecule has 0 aliphatic heterocycles. The summed E-state index contributed by atoms with van der Waals surface area (Å²) in [4.78, 5) is 20.8. The predicted octanol–water partition coefficient (Wildman–Crippen LogP) is -7.78. The Morgan fingerprint density at radius 2 is 1.00 bits per heavy atom. The number of carbonyl (C=O) groups excluding carboxylic acids is 2. The number of aromatic nitrogens is 2. The molecule has 0 radical (unpaired) electrons. The van der Waals surface area contributed by atoms with Crippen LogP contribution in [0.3, 0.4) is 0 Å². The molecule has 0 saturated carbocycles. The van der Waals surface area contributed by atoms with Crippen LogP contribution in [0.25, 0.3) is 11.1 Å². The van der Waals surface area contributed by atoms with E-state index in [4.69, 9.17) is 0 Å². The zero-order chi connectivity index (χ0) is 15.9. The van der Waals surface area contributed by atoms with Gasteiger partial charge in [0.2, 0.25) is 0 Å². The smallest absolute Gasteiger partial charge is 0.550 e. The first-order chi connectivity index (χ1) is 10.5. The maximum atomic E-state index is 10.4. The van der Waals surface area contributed by atoms with E-state index in [-0.39, 0.29) is 72.0 Å². The van der Waals surface area contributed by atoms with Crippen molar-refractivity contribution in [1.82, 2.24) is 0 Å². The quantitative estimate of drug-likeness (QED) is 0.368. The molecule has 114 valence electrons. The third-order valence-electron chi connectivity index (χ3n) is 3.26. The van der Waals surface area contributed by atoms with Gasteiger partial charge in [-0.25, -0.2) is 9.13 Å². The summed E-state index contributed by atoms with van der Waals surface area (Å²) in [7, 11) is 0. The average Bonchev–Trinajstić information content (AvgIpc) is 2.52. The molecule has 6 nitrogen and oxygen atoms in total. The van der Waals surface area contributed by atoms with E-state index in [2.05, 4.69) is 0 Å². The van der Waals surface area contributed by atoms with Crippen LogP contribution in [0, 0.1) is 0 Å². The minimum Gasteiger partial charge on any atom is -0.550 e. The van der Waals surface area contributed by atoms with Crippen LogP contribution >= 0.6 is 0 Å². The van der Waals surface area contributed by atoms with Gasteiger partial charge in [0.15, 0.2) is 37.9 Å². The van der Waals surface area contributed by atoms with Crippen molar-refractivity contribution in [3.8, 4) is 11.1 Å². The molecule has 2 rings (SSSR count). The Hall–Kier alpha value is -0.760. The fourth-order valence-corrected chi connectivity index (χ4v) is 2.04. The first kappa shape index (κ1) is 23.2. The van der Waals surface area contributed by atoms with Crippen LogP contribution in [-0.4, -0.2) is 11.9 Å². The molecular formula is C16H16N2Na2O4+2. The van der Waals surface area contributed by atoms with Gasteiger partial charge in [0.05, 0.1) is 0 Å². The molecule has 0 atom stereocenters. The van der Waals surface area contributed by atoms with Crippen molar-refractivity contribution in [2.75, 3.05) is 0 Å². The Morgan fingerprint density at radius 3 is 1.25 bits per heavy atom. The number of carbonyl (C=O) groups is 2. The summed E-state index contributed by atoms with van der Waals surface area (Å²) in [6.07, 6.45) is 7.22. The maximum absolute atomic E-state index is 10.4. The number of carboxylic acids is 2. The van der Waals surface area contributed by atoms with E-state index in [0.29, 0.717) is 13.1 Å². The molecule has 0 spiro atoms. The molecule has 0 fully saturated rings. The topological polar surface area (TPSA) is 88.0 Å². The Bertz CT molecular complexity index is 601. The zero-order valence-corrected chi connectivity index (χ0v) is 18.0. The number of nitrogens with zero attached hydrogens (tertiary/aromatic N) is 2. The van der Waals surface area contributed by atoms with E-state index in [1.807, 2.05) is 49.1 Å². The normalized spacial score (nSPS) is 9.50. The predicted molar refractivity (Wildman–Crippen MR) is 71.5 cm³/mol. The number of hydrogen-bond donors (Lipinski definition) is 0. The van der Waals surface area contributed by atoms with Crippen molar-refractivity contribution in [3.05, 3.63) is 49.1 Å². The van der Waals surface area contributed by atoms with E-state index < -0.39 is 11.9 Å². The van der Waals surface area contributed by atoms with Gasteiger partial charge in [-0.15, -0.1) is 0 Å². The Kier molecular flexibility index (Phi) is 11.4. The number of hydrogen-bond acceptors (Lipinski definition) is 4. The van der Waals surface area contributed by atoms with Crippen LogP contribution in [0.4, 0.5) is 0 Å². The summed E-state index contributed by atoms with van der Waals surface area (Å²) in [6, 6.07) is 7.60. The summed E-state index contributed by atoms with van der Waals surface area (Å²) >= 11 is 0. The monoisotopic (exact) mass is 346 g/mol. The van der Waals surface area contributed by atoms with Crippen molar-refractivity contribution in [1.29, 1.82) is 0 Å². The van der Waals surface area contributed by atoms with Crippen molar-refractivity contribution in [3.63, 3.8) is 0 Å². The van der Waals surface area contributed by atoms with Gasteiger partial charge in [0, 0.05) is 49.0 Å². The van der Waals surface area contributed by atoms with Crippen molar-refractivity contribution < 1.29 is 88.1 Å². The number of carboxylic acid groups (broad SMARTS) is 2. The second-order valence-electron chi connectivity index (χ2n) is 4.89. The Morgan fingerprint density at radius 1 is 0.708 bits per heavy atom. The van der Waals surface area contributed by atoms with Gasteiger partial charge < -0.3 is 19.8 Å². The summed E-state index contributed by atoms with van der Waals surface area (Å²) in [5, 5.41) is 20.8. The standard InChI is InChI=1S/C16H16N2O4.2Na/c19-15(20)5-11-17-7-1-13(2-8-17)14-3-9-18(10-4-14)12-6-16(21)22;;/h1-4,7-10H,5-6,11-12H2;;/q;2*+1. The summed E-state index contributed by atoms with van der Waals surface area (Å²) in [5.41, 5.74) is 1.99. The molecule has 0 aliphatic carbocycles. The van der Waals surface area contributed by atoms with Crippen LogP contribution in [0.2, 0.25) is 0 Å². The second-order valence-corrected chi connectivity index (χ2v) is 4.89. The van der Waals surface area contributed by atoms with E-state index >= 15 is 0 Å². The molecule has 0 unspecified atom stereocenters. The van der Waals surface area contributed by atoms with Crippen LogP contribution in [0.5, 0.6) is 0 Å². The van der Waals surface area contributed by atoms with Gasteiger partial charge in [0.1, 0.15) is 0 Å². The Labute approximate surface area is 184 Å². The molecule has 0 amide bonds. The summed E-state index contributed by atoms with van der Waals surface area (Å²) in [5.74, 6) is -2.14. The van der Waals surface area contributed by atoms with Crippen molar-refractivity contribution in [2.24, 2.45) is 0 Å². The fraction of sp³-hybridized carbons (Fsp3) is 0.250. The van der Waals surface area contributed by atoms with Crippen molar-refractivity contribution in [2.45, 2.75) is 25.9 Å². The molecular weight excluding hydrogens is 330 g/mol. The molecule has 2 aromatic heterocycles. The zero-order valence-electron chi connectivity index (χ0n) is 14.0. The molecule has 0 aromatic carbocycles. The third kappa shape index (κ3) is 7.88. The van der Waals surface area contributed by atoms with Gasteiger partial charge >= 0.3 is 59.1 Å². The third-order valence-corrected chi connectivity index (χ3v) is 3.26. The molecule has 0 N–H and O–H groups in total. The first-order valence-electron chi connectivity index (χ1n) is 6.93. The van der Waals surface area contributed by atoms with E-state index in [1.54, 1.807) is 9.13 Å². The number of pyridine rings is 2. The van der Waals surface area contributed by atoms with Gasteiger partial charge in [0.25, 0.3) is 0 Å². The maximum Gasteiger partial charge on any atom is 1.00 e. The molecule has 8 heteroatoms. The van der Waals surface area contributed by atoms with Crippen LogP contribution in [0.15, 0.2) is 49.1 Å². The first-order valence-corrected chi connectivity index (χ1v) is 6.93. The number of aryl methyl sites for hydroxylation is 2. The van der Waals surface area contributed by atoms with E-state index in [9.17, 15) is 19.8 Å². The Balaban J connectivity index is 0.00000264. The van der Waals surface area contributed by atoms with E-state index in [1.165, 1.54) is 0 Å². The number of rotatable bonds is 7. The number of aliphatic carboxylic acids is 2. The van der Waals surface area contributed by atoms with Crippen molar-refractivity contribution >= 4 is 11.9 Å². The molecule has 0 saturated heterocycles. The minimum absolute atomic E-state index is 0. The minimum atomic E-state index is -1.07. The van der Waals surface area contributed by atoms with Gasteiger partial charge in [-0.1, -0.05) is 0 Å². The molecule has 0 aliphatic rings. The molecule has 24 heavy (non-hydrogen) atoms. The van der Waals surface area contributed by atoms with Gasteiger partial charge in [-0.05, 0) is 11.1 Å². The van der Waals surface area contributed by atoms with Crippen LogP contribution in [-0.2, 0) is 22.7 Å². The summed E-state index contributed by atoms with van der Waals surface area (Å²) < 4.78 is 3.56. The van der Waals surface area contributed by atoms with Crippen LogP contribution < -0.4 is 78.5 Å². The second kappa shape index (κ2) is 11.7. The SMILES string of the molecule is O=C([O-])CC[n+]1ccc(-c2cc[n+](CCC(=O)[O-])cc2)cc1.[Na+].[Na+]. The molecule has 2 aromatic rings. The fourth-order valence-electron chi connectivity index (χ4n) is 2.04. The average molecular weight is 346 g/mol. The largest absolute Gasteiger partial charge is 1.00 e. The van der Waals surface area contributed by atoms with E-state index in [0.717, 1.165) is 11.1 Å². The molecule has 0 bridgehead atoms. The summed E-state index contributed by atoms with van der Waals surface area (Å²) in [6.45, 7) is 0.751. The van der Waals surface area contributed by atoms with Gasteiger partial charge in [-0.2, -0.15) is 0 Å². The molecule has 2 heterocycles.